The van der Waals surface area contributed by atoms with Gasteiger partial charge >= 0.3 is 6.18 Å². The largest absolute Gasteiger partial charge is 0.394 e. The summed E-state index contributed by atoms with van der Waals surface area (Å²) in [5.74, 6) is -0.860. The van der Waals surface area contributed by atoms with Gasteiger partial charge in [-0.05, 0) is 38.8 Å². The molecule has 34 heavy (non-hydrogen) atoms. The van der Waals surface area contributed by atoms with Gasteiger partial charge in [0.25, 0.3) is 5.56 Å². The van der Waals surface area contributed by atoms with Gasteiger partial charge in [0.05, 0.1) is 36.6 Å². The van der Waals surface area contributed by atoms with Gasteiger partial charge in [-0.3, -0.25) is 4.79 Å². The molecule has 1 unspecified atom stereocenters. The fraction of sp³-hybridized carbons (Fsp3) is 0.500. The van der Waals surface area contributed by atoms with E-state index in [1.54, 1.807) is 19.2 Å². The molecule has 12 heteroatoms. The van der Waals surface area contributed by atoms with Crippen LogP contribution in [0.2, 0.25) is 0 Å². The number of hydrogen-bond donors (Lipinski definition) is 0. The number of hydrogen-bond acceptors (Lipinski definition) is 8. The van der Waals surface area contributed by atoms with Gasteiger partial charge in [0.1, 0.15) is 22.7 Å². The molecular formula is C22H23F3N6O3. The van der Waals surface area contributed by atoms with E-state index in [1.165, 1.54) is 10.7 Å². The van der Waals surface area contributed by atoms with Crippen molar-refractivity contribution < 1.29 is 22.4 Å². The molecule has 0 aliphatic carbocycles. The molecule has 2 aliphatic rings. The molecule has 3 aromatic rings. The average Bonchev–Trinajstić information content (AvgIpc) is 3.13. The Morgan fingerprint density at radius 3 is 2.62 bits per heavy atom. The van der Waals surface area contributed by atoms with E-state index in [4.69, 9.17) is 9.26 Å². The molecule has 2 aliphatic heterocycles. The zero-order valence-corrected chi connectivity index (χ0v) is 18.7. The maximum atomic E-state index is 12.9. The number of nitrogens with zero attached hydrogens (tertiary/aromatic N) is 6. The van der Waals surface area contributed by atoms with Gasteiger partial charge in [-0.2, -0.15) is 23.4 Å². The second-order valence-electron chi connectivity index (χ2n) is 8.96. The van der Waals surface area contributed by atoms with Crippen molar-refractivity contribution in [1.82, 2.24) is 25.1 Å². The summed E-state index contributed by atoms with van der Waals surface area (Å²) in [4.78, 5) is 14.7. The highest BCUT2D eigenvalue weighted by Gasteiger charge is 2.51. The van der Waals surface area contributed by atoms with Gasteiger partial charge in [0.15, 0.2) is 0 Å². The zero-order chi connectivity index (χ0) is 24.1. The zero-order valence-electron chi connectivity index (χ0n) is 18.7. The maximum Gasteiger partial charge on any atom is 0.394 e. The number of ether oxygens (including phenoxy) is 1. The average molecular weight is 476 g/mol. The van der Waals surface area contributed by atoms with Crippen molar-refractivity contribution in [3.63, 3.8) is 0 Å². The summed E-state index contributed by atoms with van der Waals surface area (Å²) < 4.78 is 50.9. The molecule has 0 bridgehead atoms. The quantitative estimate of drug-likeness (QED) is 0.567. The molecule has 0 radical (unpaired) electrons. The minimum Gasteiger partial charge on any atom is -0.371 e. The van der Waals surface area contributed by atoms with Crippen LogP contribution < -0.4 is 10.5 Å². The van der Waals surface area contributed by atoms with Crippen LogP contribution in [0.25, 0.3) is 11.4 Å². The molecule has 2 saturated heterocycles. The fourth-order valence-corrected chi connectivity index (χ4v) is 4.38. The monoisotopic (exact) mass is 476 g/mol. The maximum absolute atomic E-state index is 12.9. The van der Waals surface area contributed by atoms with Gasteiger partial charge in [-0.1, -0.05) is 5.16 Å². The molecule has 0 amide bonds. The molecule has 9 nitrogen and oxygen atoms in total. The first-order chi connectivity index (χ1) is 16.1. The molecule has 0 aromatic carbocycles. The van der Waals surface area contributed by atoms with Crippen LogP contribution in [0.1, 0.15) is 29.9 Å². The van der Waals surface area contributed by atoms with Crippen LogP contribution >= 0.6 is 0 Å². The first-order valence-corrected chi connectivity index (χ1v) is 10.9. The van der Waals surface area contributed by atoms with Gasteiger partial charge in [0, 0.05) is 24.7 Å². The van der Waals surface area contributed by atoms with Crippen LogP contribution in [0, 0.1) is 19.8 Å². The predicted octanol–water partition coefficient (Wildman–Crippen LogP) is 2.90. The third-order valence-electron chi connectivity index (χ3n) is 6.51. The van der Waals surface area contributed by atoms with Crippen molar-refractivity contribution in [2.75, 3.05) is 24.6 Å². The van der Waals surface area contributed by atoms with E-state index in [0.717, 1.165) is 5.69 Å². The first kappa shape index (κ1) is 22.5. The lowest BCUT2D eigenvalue weighted by molar-refractivity contribution is -0.227. The van der Waals surface area contributed by atoms with Crippen molar-refractivity contribution >= 4 is 5.69 Å². The molecule has 5 rings (SSSR count). The normalized spacial score (nSPS) is 19.9. The van der Waals surface area contributed by atoms with Crippen LogP contribution in [0.15, 0.2) is 33.7 Å². The third kappa shape index (κ3) is 4.17. The summed E-state index contributed by atoms with van der Waals surface area (Å²) in [7, 11) is 0. The molecule has 180 valence electrons. The van der Waals surface area contributed by atoms with E-state index in [9.17, 15) is 18.0 Å². The molecule has 1 atom stereocenters. The van der Waals surface area contributed by atoms with E-state index in [2.05, 4.69) is 20.5 Å². The second-order valence-corrected chi connectivity index (χ2v) is 8.96. The Bertz CT molecular complexity index is 1240. The highest BCUT2D eigenvalue weighted by atomic mass is 19.4. The lowest BCUT2D eigenvalue weighted by Crippen LogP contribution is -2.65. The minimum atomic E-state index is -4.23. The fourth-order valence-electron chi connectivity index (χ4n) is 4.38. The van der Waals surface area contributed by atoms with E-state index in [1.807, 2.05) is 17.9 Å². The topological polar surface area (TPSA) is 99.2 Å². The van der Waals surface area contributed by atoms with E-state index < -0.39 is 17.7 Å². The molecule has 0 saturated carbocycles. The van der Waals surface area contributed by atoms with Crippen LogP contribution in [-0.2, 0) is 11.3 Å². The summed E-state index contributed by atoms with van der Waals surface area (Å²) in [6, 6.07) is 5.07. The lowest BCUT2D eigenvalue weighted by atomic mass is 9.82. The Balaban J connectivity index is 1.27. The van der Waals surface area contributed by atoms with Gasteiger partial charge in [0.2, 0.25) is 0 Å². The Labute approximate surface area is 192 Å². The predicted molar refractivity (Wildman–Crippen MR) is 114 cm³/mol. The third-order valence-corrected chi connectivity index (χ3v) is 6.51. The van der Waals surface area contributed by atoms with Crippen LogP contribution in [0.4, 0.5) is 18.9 Å². The number of halogens is 3. The number of aromatic nitrogens is 5. The van der Waals surface area contributed by atoms with Crippen molar-refractivity contribution in [3.8, 4) is 11.4 Å². The Hall–Kier alpha value is -3.28. The van der Waals surface area contributed by atoms with Gasteiger partial charge in [-0.25, -0.2) is 4.68 Å². The Kier molecular flexibility index (Phi) is 5.42. The molecule has 2 fully saturated rings. The number of aryl methyl sites for hydroxylation is 2. The Morgan fingerprint density at radius 1 is 1.21 bits per heavy atom. The smallest absolute Gasteiger partial charge is 0.371 e. The molecule has 5 heterocycles. The SMILES string of the molecule is Cc1ccc(-c2noc(C)c2Cn2ncc(N3CC4(CCC(C(F)(F)F)CO4)C3)cc2=O)nn1. The van der Waals surface area contributed by atoms with Gasteiger partial charge in [-0.15, -0.1) is 5.10 Å². The summed E-state index contributed by atoms with van der Waals surface area (Å²) in [5, 5.41) is 16.5. The second kappa shape index (κ2) is 8.19. The van der Waals surface area contributed by atoms with Crippen LogP contribution in [-0.4, -0.2) is 56.6 Å². The van der Waals surface area contributed by atoms with Crippen molar-refractivity contribution in [3.05, 3.63) is 51.8 Å². The highest BCUT2D eigenvalue weighted by molar-refractivity contribution is 5.58. The summed E-state index contributed by atoms with van der Waals surface area (Å²) in [6.45, 7) is 4.28. The van der Waals surface area contributed by atoms with Gasteiger partial charge < -0.3 is 14.2 Å². The van der Waals surface area contributed by atoms with E-state index >= 15 is 0 Å². The number of alkyl halides is 3. The van der Waals surface area contributed by atoms with Crippen LogP contribution in [0.3, 0.4) is 0 Å². The molecule has 3 aromatic heterocycles. The van der Waals surface area contributed by atoms with E-state index in [0.29, 0.717) is 47.9 Å². The molecular weight excluding hydrogens is 453 g/mol. The Morgan fingerprint density at radius 2 is 2.00 bits per heavy atom. The number of rotatable bonds is 4. The highest BCUT2D eigenvalue weighted by Crippen LogP contribution is 2.42. The van der Waals surface area contributed by atoms with Crippen molar-refractivity contribution in [2.24, 2.45) is 5.92 Å². The number of anilines is 1. The minimum absolute atomic E-state index is 0.0585. The summed E-state index contributed by atoms with van der Waals surface area (Å²) in [6.07, 6.45) is -2.25. The summed E-state index contributed by atoms with van der Waals surface area (Å²) in [5.41, 5.74) is 2.19. The van der Waals surface area contributed by atoms with Crippen LogP contribution in [0.5, 0.6) is 0 Å². The summed E-state index contributed by atoms with van der Waals surface area (Å²) >= 11 is 0. The lowest BCUT2D eigenvalue weighted by Gasteiger charge is -2.53. The molecule has 1 spiro atoms. The van der Waals surface area contributed by atoms with Crippen molar-refractivity contribution in [1.29, 1.82) is 0 Å². The first-order valence-electron chi connectivity index (χ1n) is 10.9. The molecule has 0 N–H and O–H groups in total. The standard InChI is InChI=1S/C22H23F3N6O3/c1-13-3-4-18(28-27-13)20-17(14(2)34-29-20)9-31-19(32)7-16(8-26-31)30-11-21(12-30)6-5-15(10-33-21)22(23,24)25/h3-4,7-8,15H,5-6,9-12H2,1-2H3. The van der Waals surface area contributed by atoms with Crippen molar-refractivity contribution in [2.45, 2.75) is 45.0 Å². The van der Waals surface area contributed by atoms with E-state index in [-0.39, 0.29) is 25.1 Å².